The van der Waals surface area contributed by atoms with Crippen molar-refractivity contribution in [2.45, 2.75) is 32.2 Å². The summed E-state index contributed by atoms with van der Waals surface area (Å²) in [6.45, 7) is 1.86. The second-order valence-corrected chi connectivity index (χ2v) is 3.53. The van der Waals surface area contributed by atoms with Crippen LogP contribution in [0.15, 0.2) is 4.79 Å². The van der Waals surface area contributed by atoms with E-state index in [2.05, 4.69) is 9.97 Å². The van der Waals surface area contributed by atoms with Crippen LogP contribution in [0.5, 0.6) is 0 Å². The SMILES string of the molecule is CC(N)c1nc(=O)[nH]c2c1CCC2. The van der Waals surface area contributed by atoms with E-state index < -0.39 is 0 Å². The smallest absolute Gasteiger partial charge is 0.323 e. The molecule has 0 fully saturated rings. The van der Waals surface area contributed by atoms with Crippen LogP contribution in [0.4, 0.5) is 0 Å². The number of rotatable bonds is 1. The van der Waals surface area contributed by atoms with E-state index in [0.717, 1.165) is 36.2 Å². The molecule has 0 radical (unpaired) electrons. The molecule has 2 rings (SSSR count). The Morgan fingerprint density at radius 1 is 1.54 bits per heavy atom. The van der Waals surface area contributed by atoms with Crippen molar-refractivity contribution < 1.29 is 0 Å². The Morgan fingerprint density at radius 2 is 2.31 bits per heavy atom. The minimum absolute atomic E-state index is 0.144. The molecule has 0 aromatic carbocycles. The van der Waals surface area contributed by atoms with E-state index >= 15 is 0 Å². The minimum atomic E-state index is -0.270. The van der Waals surface area contributed by atoms with Crippen LogP contribution in [0.2, 0.25) is 0 Å². The summed E-state index contributed by atoms with van der Waals surface area (Å²) in [5, 5.41) is 0. The maximum atomic E-state index is 11.1. The number of aromatic amines is 1. The Bertz CT molecular complexity index is 381. The molecular weight excluding hydrogens is 166 g/mol. The van der Waals surface area contributed by atoms with Gasteiger partial charge in [0.1, 0.15) is 0 Å². The third-order valence-corrected chi connectivity index (χ3v) is 2.44. The third kappa shape index (κ3) is 1.37. The molecule has 1 unspecified atom stereocenters. The van der Waals surface area contributed by atoms with Gasteiger partial charge in [0.15, 0.2) is 0 Å². The first-order chi connectivity index (χ1) is 6.18. The lowest BCUT2D eigenvalue weighted by molar-refractivity contribution is 0.746. The van der Waals surface area contributed by atoms with Gasteiger partial charge in [-0.1, -0.05) is 0 Å². The lowest BCUT2D eigenvalue weighted by Gasteiger charge is -2.08. The highest BCUT2D eigenvalue weighted by Crippen LogP contribution is 2.23. The van der Waals surface area contributed by atoms with E-state index in [0.29, 0.717) is 0 Å². The molecule has 1 aromatic heterocycles. The van der Waals surface area contributed by atoms with Gasteiger partial charge in [-0.3, -0.25) is 0 Å². The number of aryl methyl sites for hydroxylation is 1. The molecule has 1 aromatic rings. The summed E-state index contributed by atoms with van der Waals surface area (Å²) in [5.74, 6) is 0. The van der Waals surface area contributed by atoms with Gasteiger partial charge in [0.2, 0.25) is 0 Å². The number of nitrogens with one attached hydrogen (secondary N) is 1. The molecule has 4 nitrogen and oxygen atoms in total. The maximum Gasteiger partial charge on any atom is 0.345 e. The van der Waals surface area contributed by atoms with E-state index in [1.807, 2.05) is 6.92 Å². The second kappa shape index (κ2) is 2.96. The van der Waals surface area contributed by atoms with Crippen LogP contribution in [-0.2, 0) is 12.8 Å². The Balaban J connectivity index is 2.62. The summed E-state index contributed by atoms with van der Waals surface area (Å²) < 4.78 is 0. The molecule has 1 heterocycles. The lowest BCUT2D eigenvalue weighted by atomic mass is 10.1. The average molecular weight is 179 g/mol. The Kier molecular flexibility index (Phi) is 1.92. The zero-order valence-corrected chi connectivity index (χ0v) is 7.63. The minimum Gasteiger partial charge on any atom is -0.323 e. The molecular formula is C9H13N3O. The summed E-state index contributed by atoms with van der Waals surface area (Å²) in [4.78, 5) is 17.8. The van der Waals surface area contributed by atoms with E-state index in [-0.39, 0.29) is 11.7 Å². The normalized spacial score (nSPS) is 17.1. The zero-order chi connectivity index (χ0) is 9.42. The van der Waals surface area contributed by atoms with Gasteiger partial charge in [0.05, 0.1) is 5.69 Å². The number of hydrogen-bond acceptors (Lipinski definition) is 3. The van der Waals surface area contributed by atoms with E-state index in [1.54, 1.807) is 0 Å². The number of H-pyrrole nitrogens is 1. The van der Waals surface area contributed by atoms with Crippen molar-refractivity contribution in [3.05, 3.63) is 27.4 Å². The van der Waals surface area contributed by atoms with E-state index in [1.165, 1.54) is 0 Å². The van der Waals surface area contributed by atoms with Crippen LogP contribution < -0.4 is 11.4 Å². The van der Waals surface area contributed by atoms with Crippen molar-refractivity contribution in [1.29, 1.82) is 0 Å². The number of fused-ring (bicyclic) bond motifs is 1. The van der Waals surface area contributed by atoms with Gasteiger partial charge >= 0.3 is 5.69 Å². The third-order valence-electron chi connectivity index (χ3n) is 2.44. The van der Waals surface area contributed by atoms with Crippen LogP contribution in [0.25, 0.3) is 0 Å². The predicted molar refractivity (Wildman–Crippen MR) is 49.5 cm³/mol. The van der Waals surface area contributed by atoms with Crippen molar-refractivity contribution in [2.75, 3.05) is 0 Å². The molecule has 0 saturated carbocycles. The number of aromatic nitrogens is 2. The van der Waals surface area contributed by atoms with Gasteiger partial charge < -0.3 is 10.7 Å². The largest absolute Gasteiger partial charge is 0.345 e. The number of nitrogens with two attached hydrogens (primary N) is 1. The van der Waals surface area contributed by atoms with Gasteiger partial charge in [-0.15, -0.1) is 0 Å². The fourth-order valence-corrected chi connectivity index (χ4v) is 1.87. The van der Waals surface area contributed by atoms with E-state index in [4.69, 9.17) is 5.73 Å². The van der Waals surface area contributed by atoms with Crippen LogP contribution in [-0.4, -0.2) is 9.97 Å². The van der Waals surface area contributed by atoms with Crippen LogP contribution >= 0.6 is 0 Å². The Labute approximate surface area is 76.2 Å². The van der Waals surface area contributed by atoms with Crippen molar-refractivity contribution in [3.8, 4) is 0 Å². The molecule has 1 aliphatic carbocycles. The predicted octanol–water partition coefficient (Wildman–Crippen LogP) is 0.278. The second-order valence-electron chi connectivity index (χ2n) is 3.53. The highest BCUT2D eigenvalue weighted by atomic mass is 16.1. The Morgan fingerprint density at radius 3 is 3.00 bits per heavy atom. The van der Waals surface area contributed by atoms with Gasteiger partial charge in [0, 0.05) is 11.7 Å². The molecule has 0 spiro atoms. The standard InChI is InChI=1S/C9H13N3O/c1-5(10)8-6-3-2-4-7(6)11-9(13)12-8/h5H,2-4,10H2,1H3,(H,11,12,13). The summed E-state index contributed by atoms with van der Waals surface area (Å²) in [7, 11) is 0. The molecule has 4 heteroatoms. The Hall–Kier alpha value is -1.16. The van der Waals surface area contributed by atoms with Crippen LogP contribution in [0, 0.1) is 0 Å². The quantitative estimate of drug-likeness (QED) is 0.650. The fraction of sp³-hybridized carbons (Fsp3) is 0.556. The molecule has 13 heavy (non-hydrogen) atoms. The van der Waals surface area contributed by atoms with Gasteiger partial charge in [-0.05, 0) is 31.7 Å². The maximum absolute atomic E-state index is 11.1. The molecule has 0 aliphatic heterocycles. The molecule has 0 saturated heterocycles. The van der Waals surface area contributed by atoms with Crippen molar-refractivity contribution in [1.82, 2.24) is 9.97 Å². The topological polar surface area (TPSA) is 71.8 Å². The van der Waals surface area contributed by atoms with Crippen LogP contribution in [0.1, 0.15) is 36.3 Å². The monoisotopic (exact) mass is 179 g/mol. The molecule has 0 bridgehead atoms. The van der Waals surface area contributed by atoms with Gasteiger partial charge in [-0.2, -0.15) is 4.98 Å². The van der Waals surface area contributed by atoms with Crippen molar-refractivity contribution in [3.63, 3.8) is 0 Å². The summed E-state index contributed by atoms with van der Waals surface area (Å²) in [6, 6.07) is -0.144. The summed E-state index contributed by atoms with van der Waals surface area (Å²) >= 11 is 0. The molecule has 3 N–H and O–H groups in total. The van der Waals surface area contributed by atoms with E-state index in [9.17, 15) is 4.79 Å². The number of hydrogen-bond donors (Lipinski definition) is 2. The van der Waals surface area contributed by atoms with Crippen molar-refractivity contribution in [2.24, 2.45) is 5.73 Å². The molecule has 0 amide bonds. The lowest BCUT2D eigenvalue weighted by Crippen LogP contribution is -2.21. The first-order valence-electron chi connectivity index (χ1n) is 4.56. The highest BCUT2D eigenvalue weighted by molar-refractivity contribution is 5.30. The molecule has 1 atom stereocenters. The van der Waals surface area contributed by atoms with Gasteiger partial charge in [0.25, 0.3) is 0 Å². The molecule has 70 valence electrons. The first kappa shape index (κ1) is 8.44. The number of nitrogens with zero attached hydrogens (tertiary/aromatic N) is 1. The first-order valence-corrected chi connectivity index (χ1v) is 4.56. The summed E-state index contributed by atoms with van der Waals surface area (Å²) in [5.41, 5.74) is 8.44. The average Bonchev–Trinajstić information content (AvgIpc) is 2.49. The zero-order valence-electron chi connectivity index (χ0n) is 7.63. The molecule has 1 aliphatic rings. The van der Waals surface area contributed by atoms with Crippen molar-refractivity contribution >= 4 is 0 Å². The summed E-state index contributed by atoms with van der Waals surface area (Å²) in [6.07, 6.45) is 3.04. The van der Waals surface area contributed by atoms with Gasteiger partial charge in [-0.25, -0.2) is 4.79 Å². The van der Waals surface area contributed by atoms with Crippen LogP contribution in [0.3, 0.4) is 0 Å². The fourth-order valence-electron chi connectivity index (χ4n) is 1.87. The highest BCUT2D eigenvalue weighted by Gasteiger charge is 2.19.